The van der Waals surface area contributed by atoms with Crippen LogP contribution in [0.25, 0.3) is 0 Å². The van der Waals surface area contributed by atoms with E-state index in [4.69, 9.17) is 4.84 Å². The van der Waals surface area contributed by atoms with Crippen LogP contribution in [0, 0.1) is 13.8 Å². The topological polar surface area (TPSA) is 21.3 Å². The molecule has 2 nitrogen and oxygen atoms in total. The average Bonchev–Trinajstić information content (AvgIpc) is 1.85. The molecule has 2 heteroatoms. The van der Waals surface area contributed by atoms with Crippen molar-refractivity contribution >= 4 is 5.69 Å². The molecule has 0 fully saturated rings. The highest BCUT2D eigenvalue weighted by molar-refractivity contribution is 5.46. The van der Waals surface area contributed by atoms with E-state index in [0.29, 0.717) is 0 Å². The van der Waals surface area contributed by atoms with Crippen molar-refractivity contribution in [1.29, 1.82) is 0 Å². The molecule has 1 aromatic rings. The molecule has 0 amide bonds. The summed E-state index contributed by atoms with van der Waals surface area (Å²) < 4.78 is 0. The zero-order chi connectivity index (χ0) is 8.27. The Morgan fingerprint density at radius 3 is 2.09 bits per heavy atom. The SMILES string of the molecule is CONc1cc(C)cc(C)c1. The van der Waals surface area contributed by atoms with Crippen LogP contribution in [0.2, 0.25) is 0 Å². The Morgan fingerprint density at radius 1 is 1.09 bits per heavy atom. The molecule has 0 aliphatic heterocycles. The van der Waals surface area contributed by atoms with Crippen LogP contribution in [0.5, 0.6) is 0 Å². The summed E-state index contributed by atoms with van der Waals surface area (Å²) in [6.45, 7) is 4.13. The Kier molecular flexibility index (Phi) is 2.49. The van der Waals surface area contributed by atoms with Gasteiger partial charge in [0.1, 0.15) is 0 Å². The molecule has 1 rings (SSSR count). The molecule has 11 heavy (non-hydrogen) atoms. The molecule has 0 aliphatic rings. The lowest BCUT2D eigenvalue weighted by atomic mass is 10.1. The van der Waals surface area contributed by atoms with Crippen molar-refractivity contribution in [2.45, 2.75) is 13.8 Å². The van der Waals surface area contributed by atoms with Gasteiger partial charge in [-0.2, -0.15) is 0 Å². The van der Waals surface area contributed by atoms with E-state index in [1.807, 2.05) is 12.1 Å². The van der Waals surface area contributed by atoms with Crippen molar-refractivity contribution in [3.8, 4) is 0 Å². The van der Waals surface area contributed by atoms with Crippen molar-refractivity contribution < 1.29 is 4.84 Å². The molecule has 0 saturated carbocycles. The fourth-order valence-corrected chi connectivity index (χ4v) is 1.15. The van der Waals surface area contributed by atoms with Gasteiger partial charge in [-0.1, -0.05) is 6.07 Å². The van der Waals surface area contributed by atoms with E-state index in [1.54, 1.807) is 7.11 Å². The van der Waals surface area contributed by atoms with Crippen molar-refractivity contribution in [1.82, 2.24) is 0 Å². The molecular formula is C9H13NO. The van der Waals surface area contributed by atoms with Crippen LogP contribution in [-0.4, -0.2) is 7.11 Å². The van der Waals surface area contributed by atoms with E-state index in [2.05, 4.69) is 25.4 Å². The maximum absolute atomic E-state index is 4.79. The maximum Gasteiger partial charge on any atom is 0.0636 e. The summed E-state index contributed by atoms with van der Waals surface area (Å²) >= 11 is 0. The normalized spacial score (nSPS) is 9.73. The summed E-state index contributed by atoms with van der Waals surface area (Å²) in [5, 5.41) is 0. The molecule has 0 unspecified atom stereocenters. The largest absolute Gasteiger partial charge is 0.279 e. The predicted octanol–water partition coefficient (Wildman–Crippen LogP) is 2.28. The van der Waals surface area contributed by atoms with Crippen molar-refractivity contribution in [2.75, 3.05) is 12.6 Å². The molecule has 0 heterocycles. The van der Waals surface area contributed by atoms with Gasteiger partial charge >= 0.3 is 0 Å². The van der Waals surface area contributed by atoms with Crippen LogP contribution in [0.3, 0.4) is 0 Å². The third-order valence-corrected chi connectivity index (χ3v) is 1.44. The quantitative estimate of drug-likeness (QED) is 0.655. The second-order valence-corrected chi connectivity index (χ2v) is 2.68. The van der Waals surface area contributed by atoms with Crippen LogP contribution in [0.1, 0.15) is 11.1 Å². The number of rotatable bonds is 2. The predicted molar refractivity (Wildman–Crippen MR) is 46.5 cm³/mol. The van der Waals surface area contributed by atoms with Crippen molar-refractivity contribution in [2.24, 2.45) is 0 Å². The summed E-state index contributed by atoms with van der Waals surface area (Å²) in [6.07, 6.45) is 0. The van der Waals surface area contributed by atoms with Crippen molar-refractivity contribution in [3.05, 3.63) is 29.3 Å². The minimum atomic E-state index is 1.00. The first-order chi connectivity index (χ1) is 5.22. The standard InChI is InChI=1S/C9H13NO/c1-7-4-8(2)6-9(5-7)10-11-3/h4-6,10H,1-3H3. The smallest absolute Gasteiger partial charge is 0.0636 e. The Morgan fingerprint density at radius 2 is 1.64 bits per heavy atom. The number of aryl methyl sites for hydroxylation is 2. The van der Waals surface area contributed by atoms with Gasteiger partial charge in [0.15, 0.2) is 0 Å². The fourth-order valence-electron chi connectivity index (χ4n) is 1.15. The molecule has 0 aliphatic carbocycles. The van der Waals surface area contributed by atoms with Gasteiger partial charge in [0.05, 0.1) is 12.8 Å². The summed E-state index contributed by atoms with van der Waals surface area (Å²) in [5.74, 6) is 0. The highest BCUT2D eigenvalue weighted by Crippen LogP contribution is 2.12. The second-order valence-electron chi connectivity index (χ2n) is 2.68. The fraction of sp³-hybridized carbons (Fsp3) is 0.333. The first-order valence-electron chi connectivity index (χ1n) is 3.59. The summed E-state index contributed by atoms with van der Waals surface area (Å²) in [4.78, 5) is 4.79. The van der Waals surface area contributed by atoms with E-state index in [1.165, 1.54) is 11.1 Å². The lowest BCUT2D eigenvalue weighted by molar-refractivity contribution is 0.271. The third-order valence-electron chi connectivity index (χ3n) is 1.44. The second kappa shape index (κ2) is 3.39. The highest BCUT2D eigenvalue weighted by atomic mass is 16.6. The molecule has 0 aromatic heterocycles. The van der Waals surface area contributed by atoms with Gasteiger partial charge in [-0.25, -0.2) is 0 Å². The summed E-state index contributed by atoms with van der Waals surface area (Å²) in [6, 6.07) is 6.20. The van der Waals surface area contributed by atoms with Gasteiger partial charge < -0.3 is 0 Å². The van der Waals surface area contributed by atoms with E-state index in [-0.39, 0.29) is 0 Å². The minimum Gasteiger partial charge on any atom is -0.279 e. The maximum atomic E-state index is 4.79. The zero-order valence-corrected chi connectivity index (χ0v) is 7.14. The lowest BCUT2D eigenvalue weighted by Gasteiger charge is -2.04. The van der Waals surface area contributed by atoms with Crippen LogP contribution in [0.15, 0.2) is 18.2 Å². The monoisotopic (exact) mass is 151 g/mol. The van der Waals surface area contributed by atoms with Crippen LogP contribution in [-0.2, 0) is 4.84 Å². The number of anilines is 1. The molecule has 1 N–H and O–H groups in total. The number of hydrogen-bond donors (Lipinski definition) is 1. The van der Waals surface area contributed by atoms with Crippen LogP contribution < -0.4 is 5.48 Å². The molecule has 0 atom stereocenters. The Labute approximate surface area is 67.1 Å². The third kappa shape index (κ3) is 2.24. The van der Waals surface area contributed by atoms with Gasteiger partial charge in [-0.05, 0) is 37.1 Å². The van der Waals surface area contributed by atoms with Gasteiger partial charge in [-0.3, -0.25) is 10.3 Å². The number of hydrogen-bond acceptors (Lipinski definition) is 2. The molecule has 1 aromatic carbocycles. The summed E-state index contributed by atoms with van der Waals surface area (Å²) in [5.41, 5.74) is 6.27. The molecule has 0 spiro atoms. The summed E-state index contributed by atoms with van der Waals surface area (Å²) in [7, 11) is 1.61. The van der Waals surface area contributed by atoms with Crippen LogP contribution >= 0.6 is 0 Å². The van der Waals surface area contributed by atoms with Gasteiger partial charge in [0.2, 0.25) is 0 Å². The Hall–Kier alpha value is -1.02. The van der Waals surface area contributed by atoms with E-state index in [0.717, 1.165) is 5.69 Å². The van der Waals surface area contributed by atoms with E-state index >= 15 is 0 Å². The van der Waals surface area contributed by atoms with Crippen LogP contribution in [0.4, 0.5) is 5.69 Å². The van der Waals surface area contributed by atoms with Gasteiger partial charge in [-0.15, -0.1) is 0 Å². The number of nitrogens with one attached hydrogen (secondary N) is 1. The zero-order valence-electron chi connectivity index (χ0n) is 7.14. The highest BCUT2D eigenvalue weighted by Gasteiger charge is 1.92. The molecular weight excluding hydrogens is 138 g/mol. The van der Waals surface area contributed by atoms with E-state index < -0.39 is 0 Å². The van der Waals surface area contributed by atoms with Gasteiger partial charge in [0, 0.05) is 0 Å². The Bertz CT molecular complexity index is 225. The van der Waals surface area contributed by atoms with Gasteiger partial charge in [0.25, 0.3) is 0 Å². The molecule has 0 radical (unpaired) electrons. The minimum absolute atomic E-state index is 1.00. The molecule has 60 valence electrons. The lowest BCUT2D eigenvalue weighted by Crippen LogP contribution is -1.95. The Balaban J connectivity index is 2.89. The van der Waals surface area contributed by atoms with E-state index in [9.17, 15) is 0 Å². The first-order valence-corrected chi connectivity index (χ1v) is 3.59. The molecule has 0 bridgehead atoms. The number of benzene rings is 1. The molecule has 0 saturated heterocycles. The first kappa shape index (κ1) is 8.08. The average molecular weight is 151 g/mol. The van der Waals surface area contributed by atoms with Crippen molar-refractivity contribution in [3.63, 3.8) is 0 Å².